The molecule has 0 fully saturated rings. The van der Waals surface area contributed by atoms with Crippen LogP contribution in [-0.2, 0) is 0 Å². The maximum absolute atomic E-state index is 5.68. The Kier molecular flexibility index (Phi) is 5.90. The van der Waals surface area contributed by atoms with Crippen molar-refractivity contribution in [3.05, 3.63) is 0 Å². The summed E-state index contributed by atoms with van der Waals surface area (Å²) in [4.78, 5) is 0. The number of terminal acetylenes is 1. The van der Waals surface area contributed by atoms with Gasteiger partial charge in [-0.25, -0.2) is 0 Å². The van der Waals surface area contributed by atoms with Crippen molar-refractivity contribution in [2.45, 2.75) is 6.92 Å². The smallest absolute Gasteiger partial charge is 0.197 e. The Hall–Kier alpha value is -1.06. The Bertz CT molecular complexity index is 359. The Labute approximate surface area is 104 Å². The van der Waals surface area contributed by atoms with Crippen LogP contribution in [0, 0.1) is 12.3 Å². The molecule has 3 N–H and O–H groups in total. The number of thioether (sulfide) groups is 1. The van der Waals surface area contributed by atoms with Crippen molar-refractivity contribution in [3.63, 3.8) is 0 Å². The summed E-state index contributed by atoms with van der Waals surface area (Å²) in [5.41, 5.74) is 5.68. The fraction of sp³-hybridized carbons (Fsp3) is 0.500. The summed E-state index contributed by atoms with van der Waals surface area (Å²) in [5, 5.41) is 4.13. The molecule has 1 rings (SSSR count). The molecule has 1 heterocycles. The molecule has 1 aromatic heterocycles. The van der Waals surface area contributed by atoms with Gasteiger partial charge in [0, 0.05) is 12.3 Å². The number of ether oxygens (including phenoxy) is 1. The zero-order valence-corrected chi connectivity index (χ0v) is 10.8. The summed E-state index contributed by atoms with van der Waals surface area (Å²) in [6.07, 6.45) is 5.15. The molecule has 0 bridgehead atoms. The third-order valence-electron chi connectivity index (χ3n) is 1.68. The van der Waals surface area contributed by atoms with Gasteiger partial charge in [0.1, 0.15) is 0 Å². The van der Waals surface area contributed by atoms with Gasteiger partial charge in [0.25, 0.3) is 0 Å². The Balaban J connectivity index is 2.38. The van der Waals surface area contributed by atoms with Crippen molar-refractivity contribution in [2.24, 2.45) is 0 Å². The molecule has 0 aliphatic rings. The molecule has 0 spiro atoms. The van der Waals surface area contributed by atoms with Crippen LogP contribution in [0.15, 0.2) is 0 Å². The second-order valence-electron chi connectivity index (χ2n) is 2.84. The molecule has 1 aromatic rings. The van der Waals surface area contributed by atoms with Crippen molar-refractivity contribution in [2.75, 3.05) is 35.7 Å². The predicted octanol–water partition coefficient (Wildman–Crippen LogP) is 1.90. The molecule has 0 amide bonds. The van der Waals surface area contributed by atoms with Gasteiger partial charge in [0.15, 0.2) is 16.6 Å². The second kappa shape index (κ2) is 7.25. The van der Waals surface area contributed by atoms with Crippen molar-refractivity contribution in [3.8, 4) is 18.1 Å². The van der Waals surface area contributed by atoms with Crippen molar-refractivity contribution >= 4 is 34.1 Å². The molecule has 0 atom stereocenters. The zero-order chi connectivity index (χ0) is 11.8. The van der Waals surface area contributed by atoms with E-state index in [2.05, 4.69) is 15.6 Å². The lowest BCUT2D eigenvalue weighted by molar-refractivity contribution is 0.344. The lowest BCUT2D eigenvalue weighted by atomic mass is 10.5. The Morgan fingerprint density at radius 2 is 2.50 bits per heavy atom. The van der Waals surface area contributed by atoms with E-state index >= 15 is 0 Å². The summed E-state index contributed by atoms with van der Waals surface area (Å²) < 4.78 is 9.45. The largest absolute Gasteiger partial charge is 0.487 e. The molecule has 0 aliphatic heterocycles. The summed E-state index contributed by atoms with van der Waals surface area (Å²) in [7, 11) is 0. The maximum atomic E-state index is 5.68. The number of nitrogen functional groups attached to an aromatic ring is 1. The van der Waals surface area contributed by atoms with Crippen LogP contribution in [0.2, 0.25) is 0 Å². The summed E-state index contributed by atoms with van der Waals surface area (Å²) in [6, 6.07) is 0. The molecule has 0 aliphatic carbocycles. The number of nitrogens with one attached hydrogen (secondary N) is 1. The average Bonchev–Trinajstić information content (AvgIpc) is 2.62. The number of anilines is 2. The predicted molar refractivity (Wildman–Crippen MR) is 72.3 cm³/mol. The van der Waals surface area contributed by atoms with Gasteiger partial charge in [0.2, 0.25) is 0 Å². The molecular formula is C10H15N3OS2. The minimum absolute atomic E-state index is 0.450. The van der Waals surface area contributed by atoms with E-state index < -0.39 is 0 Å². The van der Waals surface area contributed by atoms with Crippen LogP contribution >= 0.6 is 23.3 Å². The molecule has 16 heavy (non-hydrogen) atoms. The van der Waals surface area contributed by atoms with Crippen LogP contribution in [0.4, 0.5) is 10.8 Å². The van der Waals surface area contributed by atoms with E-state index in [0.29, 0.717) is 18.2 Å². The van der Waals surface area contributed by atoms with Crippen molar-refractivity contribution < 1.29 is 4.74 Å². The van der Waals surface area contributed by atoms with Crippen LogP contribution < -0.4 is 15.8 Å². The minimum Gasteiger partial charge on any atom is -0.487 e. The topological polar surface area (TPSA) is 60.2 Å². The lowest BCUT2D eigenvalue weighted by Crippen LogP contribution is -2.05. The monoisotopic (exact) mass is 257 g/mol. The van der Waals surface area contributed by atoms with Crippen LogP contribution in [0.3, 0.4) is 0 Å². The first-order chi connectivity index (χ1) is 7.79. The highest BCUT2D eigenvalue weighted by Crippen LogP contribution is 2.34. The third kappa shape index (κ3) is 3.83. The highest BCUT2D eigenvalue weighted by Gasteiger charge is 2.11. The van der Waals surface area contributed by atoms with E-state index in [0.717, 1.165) is 23.1 Å². The number of nitrogens with zero attached hydrogens (tertiary/aromatic N) is 1. The molecular weight excluding hydrogens is 242 g/mol. The van der Waals surface area contributed by atoms with Crippen LogP contribution in [0.5, 0.6) is 5.75 Å². The first kappa shape index (κ1) is 13.0. The molecule has 0 aromatic carbocycles. The third-order valence-corrected chi connectivity index (χ3v) is 3.34. The molecule has 6 heteroatoms. The van der Waals surface area contributed by atoms with Crippen LogP contribution in [0.25, 0.3) is 0 Å². The molecule has 0 saturated heterocycles. The van der Waals surface area contributed by atoms with Crippen molar-refractivity contribution in [1.29, 1.82) is 0 Å². The highest BCUT2D eigenvalue weighted by molar-refractivity contribution is 7.99. The van der Waals surface area contributed by atoms with E-state index in [-0.39, 0.29) is 0 Å². The number of hydrogen-bond acceptors (Lipinski definition) is 6. The summed E-state index contributed by atoms with van der Waals surface area (Å²) >= 11 is 3.03. The van der Waals surface area contributed by atoms with Gasteiger partial charge in [0.05, 0.1) is 12.4 Å². The van der Waals surface area contributed by atoms with Gasteiger partial charge in [-0.2, -0.15) is 4.37 Å². The normalized spacial score (nSPS) is 9.75. The van der Waals surface area contributed by atoms with Gasteiger partial charge in [-0.15, -0.1) is 18.2 Å². The first-order valence-electron chi connectivity index (χ1n) is 4.92. The van der Waals surface area contributed by atoms with Crippen LogP contribution in [0.1, 0.15) is 6.92 Å². The quantitative estimate of drug-likeness (QED) is 0.577. The van der Waals surface area contributed by atoms with E-state index in [4.69, 9.17) is 16.9 Å². The lowest BCUT2D eigenvalue weighted by Gasteiger charge is -2.06. The molecule has 0 radical (unpaired) electrons. The molecule has 4 nitrogen and oxygen atoms in total. The fourth-order valence-electron chi connectivity index (χ4n) is 1.06. The Morgan fingerprint density at radius 3 is 3.19 bits per heavy atom. The maximum Gasteiger partial charge on any atom is 0.197 e. The minimum atomic E-state index is 0.450. The summed E-state index contributed by atoms with van der Waals surface area (Å²) in [6.45, 7) is 3.33. The van der Waals surface area contributed by atoms with Crippen LogP contribution in [-0.4, -0.2) is 29.0 Å². The highest BCUT2D eigenvalue weighted by atomic mass is 32.2. The number of hydrogen-bond donors (Lipinski definition) is 2. The summed E-state index contributed by atoms with van der Waals surface area (Å²) in [5.74, 6) is 5.39. The van der Waals surface area contributed by atoms with Gasteiger partial charge < -0.3 is 15.8 Å². The Morgan fingerprint density at radius 1 is 1.69 bits per heavy atom. The number of rotatable bonds is 7. The van der Waals surface area contributed by atoms with Gasteiger partial charge >= 0.3 is 0 Å². The molecule has 0 saturated carbocycles. The van der Waals surface area contributed by atoms with Gasteiger partial charge in [-0.05, 0) is 18.5 Å². The van der Waals surface area contributed by atoms with Gasteiger partial charge in [-0.1, -0.05) is 5.92 Å². The second-order valence-corrected chi connectivity index (χ2v) is 4.72. The SMILES string of the molecule is C#CCSCCNc1snc(N)c1OCC. The zero-order valence-electron chi connectivity index (χ0n) is 9.16. The average molecular weight is 257 g/mol. The molecule has 88 valence electrons. The van der Waals surface area contributed by atoms with E-state index in [1.165, 1.54) is 11.5 Å². The van der Waals surface area contributed by atoms with Crippen molar-refractivity contribution in [1.82, 2.24) is 4.37 Å². The molecule has 0 unspecified atom stereocenters. The van der Waals surface area contributed by atoms with E-state index in [1.54, 1.807) is 11.8 Å². The number of aromatic nitrogens is 1. The van der Waals surface area contributed by atoms with E-state index in [1.807, 2.05) is 6.92 Å². The number of nitrogens with two attached hydrogens (primary N) is 1. The van der Waals surface area contributed by atoms with Gasteiger partial charge in [-0.3, -0.25) is 0 Å². The standard InChI is InChI=1S/C10H15N3OS2/c1-3-6-15-7-5-12-10-8(14-4-2)9(11)13-16-10/h1,12H,4-7H2,2H3,(H2,11,13). The van der Waals surface area contributed by atoms with E-state index in [9.17, 15) is 0 Å². The first-order valence-corrected chi connectivity index (χ1v) is 6.85. The fourth-order valence-corrected chi connectivity index (χ4v) is 2.25.